The van der Waals surface area contributed by atoms with Gasteiger partial charge in [-0.25, -0.2) is 0 Å². The Balaban J connectivity index is 1.70. The zero-order valence-corrected chi connectivity index (χ0v) is 16.8. The topological polar surface area (TPSA) is 17.1 Å². The third kappa shape index (κ3) is 1.85. The van der Waals surface area contributed by atoms with E-state index in [1.165, 1.54) is 38.5 Å². The number of ketones is 1. The quantitative estimate of drug-likeness (QED) is 0.555. The molecule has 0 N–H and O–H groups in total. The fraction of sp³-hybridized carbons (Fsp3) is 0.957. The molecule has 4 fully saturated rings. The second-order valence-corrected chi connectivity index (χ2v) is 11.0. The Labute approximate surface area is 149 Å². The van der Waals surface area contributed by atoms with E-state index in [9.17, 15) is 4.79 Å². The van der Waals surface area contributed by atoms with Gasteiger partial charge in [0, 0.05) is 10.8 Å². The number of hydrogen-bond donors (Lipinski definition) is 0. The minimum absolute atomic E-state index is 0.173. The van der Waals surface area contributed by atoms with Crippen molar-refractivity contribution in [2.75, 3.05) is 0 Å². The molecule has 0 amide bonds. The summed E-state index contributed by atoms with van der Waals surface area (Å²) in [5.74, 6) is 6.37. The predicted octanol–water partition coefficient (Wildman–Crippen LogP) is 6.12. The molecule has 0 spiro atoms. The van der Waals surface area contributed by atoms with Crippen molar-refractivity contribution in [3.8, 4) is 0 Å². The summed E-state index contributed by atoms with van der Waals surface area (Å²) in [6.07, 6.45) is 9.48. The molecule has 4 aliphatic rings. The van der Waals surface area contributed by atoms with Crippen molar-refractivity contribution in [3.05, 3.63) is 0 Å². The highest BCUT2D eigenvalue weighted by Gasteiger charge is 2.70. The molecule has 7 unspecified atom stereocenters. The third-order valence-corrected chi connectivity index (χ3v) is 9.89. The van der Waals surface area contributed by atoms with Gasteiger partial charge in [0.15, 0.2) is 0 Å². The van der Waals surface area contributed by atoms with Crippen LogP contribution >= 0.6 is 0 Å². The van der Waals surface area contributed by atoms with E-state index < -0.39 is 0 Å². The van der Waals surface area contributed by atoms with Crippen LogP contribution in [-0.4, -0.2) is 5.78 Å². The molecule has 0 aromatic heterocycles. The van der Waals surface area contributed by atoms with Gasteiger partial charge in [0.05, 0.1) is 0 Å². The summed E-state index contributed by atoms with van der Waals surface area (Å²) in [5.41, 5.74) is -0.0814. The van der Waals surface area contributed by atoms with E-state index in [4.69, 9.17) is 0 Å². The molecule has 1 nitrogen and oxygen atoms in total. The first-order chi connectivity index (χ1) is 11.2. The average Bonchev–Trinajstić information content (AvgIpc) is 3.30. The summed E-state index contributed by atoms with van der Waals surface area (Å²) in [5, 5.41) is 0. The zero-order chi connectivity index (χ0) is 17.5. The molecule has 0 aromatic carbocycles. The molecule has 0 radical (unpaired) electrons. The van der Waals surface area contributed by atoms with Gasteiger partial charge >= 0.3 is 0 Å². The van der Waals surface area contributed by atoms with Crippen LogP contribution in [0.25, 0.3) is 0 Å². The SMILES string of the molecule is CCC(C)(C)C(=O)C(C)(C)C1(CC)CC2CC1C1C3CCC(C3)C21. The lowest BCUT2D eigenvalue weighted by Crippen LogP contribution is -2.54. The maximum Gasteiger partial charge on any atom is 0.144 e. The molecule has 7 atom stereocenters. The highest BCUT2D eigenvalue weighted by atomic mass is 16.1. The Morgan fingerprint density at radius 2 is 1.58 bits per heavy atom. The third-order valence-electron chi connectivity index (χ3n) is 9.89. The number of Topliss-reactive ketones (excluding diaryl/α,β-unsaturated/α-hetero) is 1. The predicted molar refractivity (Wildman–Crippen MR) is 99.6 cm³/mol. The molecule has 0 heterocycles. The van der Waals surface area contributed by atoms with E-state index >= 15 is 0 Å². The van der Waals surface area contributed by atoms with E-state index in [1.54, 1.807) is 0 Å². The van der Waals surface area contributed by atoms with Crippen molar-refractivity contribution in [3.63, 3.8) is 0 Å². The summed E-state index contributed by atoms with van der Waals surface area (Å²) in [6.45, 7) is 13.6. The Morgan fingerprint density at radius 1 is 0.958 bits per heavy atom. The standard InChI is InChI=1S/C23H38O/c1-7-21(3,4)20(24)22(5,6)23(8-2)13-16-12-17(23)19-15-10-9-14(11-15)18(16)19/h14-19H,7-13H2,1-6H3. The van der Waals surface area contributed by atoms with Gasteiger partial charge in [-0.2, -0.15) is 0 Å². The number of carbonyl (C=O) groups excluding carboxylic acids is 1. The van der Waals surface area contributed by atoms with Crippen LogP contribution in [0.1, 0.15) is 86.5 Å². The summed E-state index contributed by atoms with van der Waals surface area (Å²) < 4.78 is 0. The molecule has 0 saturated heterocycles. The number of hydrogen-bond acceptors (Lipinski definition) is 1. The Kier molecular flexibility index (Phi) is 3.64. The molecule has 24 heavy (non-hydrogen) atoms. The average molecular weight is 331 g/mol. The molecule has 4 aliphatic carbocycles. The molecule has 0 aliphatic heterocycles. The lowest BCUT2D eigenvalue weighted by molar-refractivity contribution is -0.151. The molecule has 4 rings (SSSR count). The van der Waals surface area contributed by atoms with E-state index in [1.807, 2.05) is 0 Å². The summed E-state index contributed by atoms with van der Waals surface area (Å²) in [4.78, 5) is 13.6. The van der Waals surface area contributed by atoms with Crippen LogP contribution in [-0.2, 0) is 4.79 Å². The lowest BCUT2D eigenvalue weighted by atomic mass is 9.48. The number of fused-ring (bicyclic) bond motifs is 9. The number of rotatable bonds is 5. The van der Waals surface area contributed by atoms with E-state index in [0.717, 1.165) is 41.9 Å². The largest absolute Gasteiger partial charge is 0.298 e. The van der Waals surface area contributed by atoms with E-state index in [-0.39, 0.29) is 16.2 Å². The van der Waals surface area contributed by atoms with Crippen LogP contribution in [0.3, 0.4) is 0 Å². The molecule has 136 valence electrons. The first kappa shape index (κ1) is 17.1. The maximum atomic E-state index is 13.6. The van der Waals surface area contributed by atoms with Gasteiger partial charge < -0.3 is 0 Å². The van der Waals surface area contributed by atoms with Gasteiger partial charge in [0.1, 0.15) is 5.78 Å². The minimum atomic E-state index is -0.179. The lowest BCUT2D eigenvalue weighted by Gasteiger charge is -2.55. The van der Waals surface area contributed by atoms with Gasteiger partial charge in [0.25, 0.3) is 0 Å². The van der Waals surface area contributed by atoms with Crippen LogP contribution in [0.5, 0.6) is 0 Å². The van der Waals surface area contributed by atoms with Gasteiger partial charge in [-0.1, -0.05) is 41.5 Å². The van der Waals surface area contributed by atoms with Crippen molar-refractivity contribution in [2.45, 2.75) is 86.5 Å². The number of carbonyl (C=O) groups is 1. The maximum absolute atomic E-state index is 13.6. The monoisotopic (exact) mass is 330 g/mol. The van der Waals surface area contributed by atoms with Crippen molar-refractivity contribution in [2.24, 2.45) is 51.8 Å². The first-order valence-corrected chi connectivity index (χ1v) is 10.7. The van der Waals surface area contributed by atoms with Gasteiger partial charge in [0.2, 0.25) is 0 Å². The summed E-state index contributed by atoms with van der Waals surface area (Å²) in [6, 6.07) is 0. The van der Waals surface area contributed by atoms with Crippen LogP contribution in [0.4, 0.5) is 0 Å². The molecule has 0 aromatic rings. The van der Waals surface area contributed by atoms with Crippen molar-refractivity contribution in [1.29, 1.82) is 0 Å². The van der Waals surface area contributed by atoms with Gasteiger partial charge in [-0.15, -0.1) is 0 Å². The Hall–Kier alpha value is -0.330. The molecule has 4 saturated carbocycles. The van der Waals surface area contributed by atoms with Crippen LogP contribution in [0, 0.1) is 51.8 Å². The Bertz CT molecular complexity index is 544. The van der Waals surface area contributed by atoms with E-state index in [0.29, 0.717) is 5.78 Å². The fourth-order valence-electron chi connectivity index (χ4n) is 8.55. The van der Waals surface area contributed by atoms with Crippen LogP contribution in [0.15, 0.2) is 0 Å². The van der Waals surface area contributed by atoms with Crippen molar-refractivity contribution < 1.29 is 4.79 Å². The first-order valence-electron chi connectivity index (χ1n) is 10.7. The fourth-order valence-corrected chi connectivity index (χ4v) is 8.55. The van der Waals surface area contributed by atoms with Gasteiger partial charge in [-0.05, 0) is 85.9 Å². The van der Waals surface area contributed by atoms with Crippen LogP contribution in [0.2, 0.25) is 0 Å². The summed E-state index contributed by atoms with van der Waals surface area (Å²) >= 11 is 0. The Morgan fingerprint density at radius 3 is 2.17 bits per heavy atom. The van der Waals surface area contributed by atoms with Crippen molar-refractivity contribution in [1.82, 2.24) is 0 Å². The van der Waals surface area contributed by atoms with Crippen molar-refractivity contribution >= 4 is 5.78 Å². The highest BCUT2D eigenvalue weighted by Crippen LogP contribution is 2.76. The highest BCUT2D eigenvalue weighted by molar-refractivity contribution is 5.90. The second-order valence-electron chi connectivity index (χ2n) is 11.0. The molecular weight excluding hydrogens is 292 g/mol. The molecule has 1 heteroatoms. The van der Waals surface area contributed by atoms with E-state index in [2.05, 4.69) is 41.5 Å². The second kappa shape index (κ2) is 5.10. The van der Waals surface area contributed by atoms with Crippen LogP contribution < -0.4 is 0 Å². The zero-order valence-electron chi connectivity index (χ0n) is 16.8. The smallest absolute Gasteiger partial charge is 0.144 e. The molecule has 4 bridgehead atoms. The minimum Gasteiger partial charge on any atom is -0.298 e. The summed E-state index contributed by atoms with van der Waals surface area (Å²) in [7, 11) is 0. The van der Waals surface area contributed by atoms with Gasteiger partial charge in [-0.3, -0.25) is 4.79 Å². The molecular formula is C23H38O. The normalized spacial score (nSPS) is 46.6.